The van der Waals surface area contributed by atoms with Crippen LogP contribution in [-0.2, 0) is 9.59 Å². The lowest BCUT2D eigenvalue weighted by Crippen LogP contribution is -1.69. The van der Waals surface area contributed by atoms with Gasteiger partial charge in [0.15, 0.2) is 0 Å². The first-order valence-corrected chi connectivity index (χ1v) is 3.61. The monoisotopic (exact) mass is 194 g/mol. The number of carbonyl (C=O) groups excluding carboxylic acids is 2. The Morgan fingerprint density at radius 3 is 2.31 bits per heavy atom. The third kappa shape index (κ3) is 2.36. The van der Waals surface area contributed by atoms with Crippen LogP contribution >= 0.6 is 11.6 Å². The van der Waals surface area contributed by atoms with Crippen molar-refractivity contribution in [2.45, 2.75) is 0 Å². The van der Waals surface area contributed by atoms with Crippen molar-refractivity contribution in [1.82, 2.24) is 0 Å². The Bertz CT molecular complexity index is 418. The summed E-state index contributed by atoms with van der Waals surface area (Å²) in [7, 11) is 0. The Morgan fingerprint density at radius 2 is 1.69 bits per heavy atom. The molecule has 0 N–H and O–H groups in total. The van der Waals surface area contributed by atoms with Crippen molar-refractivity contribution in [1.29, 1.82) is 0 Å². The lowest BCUT2D eigenvalue weighted by molar-refractivity contribution is 0.564. The first-order chi connectivity index (χ1) is 6.27. The number of aliphatic imine (C=N–C) groups is 2. The van der Waals surface area contributed by atoms with Crippen LogP contribution in [0.15, 0.2) is 28.2 Å². The van der Waals surface area contributed by atoms with Gasteiger partial charge in [-0.15, -0.1) is 0 Å². The smallest absolute Gasteiger partial charge is 0.211 e. The molecule has 0 aliphatic rings. The van der Waals surface area contributed by atoms with E-state index in [1.165, 1.54) is 30.4 Å². The summed E-state index contributed by atoms with van der Waals surface area (Å²) in [6.45, 7) is 0. The van der Waals surface area contributed by atoms with E-state index in [1.807, 2.05) is 0 Å². The maximum Gasteiger partial charge on any atom is 0.240 e. The van der Waals surface area contributed by atoms with Crippen molar-refractivity contribution in [2.24, 2.45) is 9.98 Å². The van der Waals surface area contributed by atoms with Crippen LogP contribution in [0.1, 0.15) is 0 Å². The molecule has 1 rings (SSSR count). The SMILES string of the molecule is O=C=Nc1ccc(Cl)cc1N=C=O. The largest absolute Gasteiger partial charge is 0.240 e. The van der Waals surface area contributed by atoms with Gasteiger partial charge in [0, 0.05) is 5.02 Å². The number of halogens is 1. The second kappa shape index (κ2) is 4.33. The molecule has 0 atom stereocenters. The molecule has 0 amide bonds. The van der Waals surface area contributed by atoms with E-state index in [-0.39, 0.29) is 11.4 Å². The van der Waals surface area contributed by atoms with E-state index in [4.69, 9.17) is 11.6 Å². The lowest BCUT2D eigenvalue weighted by atomic mass is 10.3. The van der Waals surface area contributed by atoms with E-state index in [1.54, 1.807) is 0 Å². The Morgan fingerprint density at radius 1 is 1.08 bits per heavy atom. The molecule has 5 heteroatoms. The highest BCUT2D eigenvalue weighted by Gasteiger charge is 2.00. The number of hydrogen-bond donors (Lipinski definition) is 0. The molecular weight excluding hydrogens is 192 g/mol. The molecule has 1 aromatic rings. The number of rotatable bonds is 2. The molecule has 0 unspecified atom stereocenters. The van der Waals surface area contributed by atoms with Gasteiger partial charge in [-0.25, -0.2) is 9.59 Å². The molecule has 4 nitrogen and oxygen atoms in total. The summed E-state index contributed by atoms with van der Waals surface area (Å²) in [5.41, 5.74) is 0.439. The second-order valence-electron chi connectivity index (χ2n) is 2.04. The summed E-state index contributed by atoms with van der Waals surface area (Å²) in [5.74, 6) is 0. The van der Waals surface area contributed by atoms with Crippen LogP contribution in [0.5, 0.6) is 0 Å². The fraction of sp³-hybridized carbons (Fsp3) is 0. The highest BCUT2D eigenvalue weighted by Crippen LogP contribution is 2.29. The van der Waals surface area contributed by atoms with Crippen molar-refractivity contribution < 1.29 is 9.59 Å². The van der Waals surface area contributed by atoms with Crippen molar-refractivity contribution >= 4 is 35.1 Å². The van der Waals surface area contributed by atoms with Crippen LogP contribution in [0.2, 0.25) is 5.02 Å². The topological polar surface area (TPSA) is 58.9 Å². The molecule has 0 spiro atoms. The maximum absolute atomic E-state index is 9.97. The van der Waals surface area contributed by atoms with Gasteiger partial charge in [-0.1, -0.05) is 11.6 Å². The van der Waals surface area contributed by atoms with Gasteiger partial charge < -0.3 is 0 Å². The molecule has 0 fully saturated rings. The van der Waals surface area contributed by atoms with Crippen LogP contribution < -0.4 is 0 Å². The van der Waals surface area contributed by atoms with Crippen molar-refractivity contribution in [3.63, 3.8) is 0 Å². The Balaban J connectivity index is 3.33. The van der Waals surface area contributed by atoms with Gasteiger partial charge in [0.1, 0.15) is 11.4 Å². The zero-order valence-corrected chi connectivity index (χ0v) is 7.08. The van der Waals surface area contributed by atoms with Crippen LogP contribution in [0.25, 0.3) is 0 Å². The summed E-state index contributed by atoms with van der Waals surface area (Å²) >= 11 is 5.62. The van der Waals surface area contributed by atoms with Gasteiger partial charge in [0.25, 0.3) is 0 Å². The van der Waals surface area contributed by atoms with Crippen molar-refractivity contribution in [3.05, 3.63) is 23.2 Å². The van der Waals surface area contributed by atoms with E-state index < -0.39 is 0 Å². The van der Waals surface area contributed by atoms with E-state index in [2.05, 4.69) is 9.98 Å². The molecule has 0 aliphatic carbocycles. The number of hydrogen-bond acceptors (Lipinski definition) is 4. The molecule has 13 heavy (non-hydrogen) atoms. The second-order valence-corrected chi connectivity index (χ2v) is 2.48. The molecular formula is C8H3ClN2O2. The Hall–Kier alpha value is -1.73. The molecule has 0 aromatic heterocycles. The van der Waals surface area contributed by atoms with Crippen LogP contribution in [0, 0.1) is 0 Å². The van der Waals surface area contributed by atoms with E-state index >= 15 is 0 Å². The minimum Gasteiger partial charge on any atom is -0.211 e. The van der Waals surface area contributed by atoms with Crippen LogP contribution in [-0.4, -0.2) is 12.2 Å². The first-order valence-electron chi connectivity index (χ1n) is 3.23. The van der Waals surface area contributed by atoms with Crippen LogP contribution in [0.3, 0.4) is 0 Å². The van der Waals surface area contributed by atoms with E-state index in [9.17, 15) is 9.59 Å². The van der Waals surface area contributed by atoms with Gasteiger partial charge in [0.2, 0.25) is 12.2 Å². The highest BCUT2D eigenvalue weighted by molar-refractivity contribution is 6.31. The number of nitrogens with zero attached hydrogens (tertiary/aromatic N) is 2. The molecule has 0 heterocycles. The third-order valence-corrected chi connectivity index (χ3v) is 1.50. The first kappa shape index (κ1) is 9.36. The zero-order chi connectivity index (χ0) is 9.68. The van der Waals surface area contributed by atoms with Gasteiger partial charge in [-0.2, -0.15) is 9.98 Å². The highest BCUT2D eigenvalue weighted by atomic mass is 35.5. The van der Waals surface area contributed by atoms with Crippen molar-refractivity contribution in [2.75, 3.05) is 0 Å². The third-order valence-electron chi connectivity index (χ3n) is 1.27. The average Bonchev–Trinajstić information content (AvgIpc) is 2.10. The summed E-state index contributed by atoms with van der Waals surface area (Å²) in [4.78, 5) is 26.6. The minimum absolute atomic E-state index is 0.200. The van der Waals surface area contributed by atoms with Crippen molar-refractivity contribution in [3.8, 4) is 0 Å². The molecule has 0 bridgehead atoms. The molecule has 0 saturated heterocycles. The fourth-order valence-corrected chi connectivity index (χ4v) is 0.945. The molecule has 0 aliphatic heterocycles. The average molecular weight is 195 g/mol. The fourth-order valence-electron chi connectivity index (χ4n) is 0.779. The molecule has 1 aromatic carbocycles. The van der Waals surface area contributed by atoms with Gasteiger partial charge in [-0.3, -0.25) is 0 Å². The molecule has 0 radical (unpaired) electrons. The normalized spacial score (nSPS) is 8.38. The predicted molar refractivity (Wildman–Crippen MR) is 47.0 cm³/mol. The van der Waals surface area contributed by atoms with E-state index in [0.29, 0.717) is 5.02 Å². The van der Waals surface area contributed by atoms with Gasteiger partial charge >= 0.3 is 0 Å². The number of benzene rings is 1. The molecule has 64 valence electrons. The standard InChI is InChI=1S/C8H3ClN2O2/c9-6-1-2-7(10-4-12)8(3-6)11-5-13/h1-3H. The van der Waals surface area contributed by atoms with Gasteiger partial charge in [0.05, 0.1) is 0 Å². The van der Waals surface area contributed by atoms with E-state index in [0.717, 1.165) is 0 Å². The van der Waals surface area contributed by atoms with Gasteiger partial charge in [-0.05, 0) is 18.2 Å². The minimum atomic E-state index is 0.200. The Labute approximate surface area is 78.6 Å². The lowest BCUT2D eigenvalue weighted by Gasteiger charge is -1.95. The predicted octanol–water partition coefficient (Wildman–Crippen LogP) is 2.27. The number of isocyanates is 2. The Kier molecular flexibility index (Phi) is 3.12. The zero-order valence-electron chi connectivity index (χ0n) is 6.32. The summed E-state index contributed by atoms with van der Waals surface area (Å²) in [6.07, 6.45) is 2.68. The summed E-state index contributed by atoms with van der Waals surface area (Å²) < 4.78 is 0. The quantitative estimate of drug-likeness (QED) is 0.536. The maximum atomic E-state index is 9.97. The molecule has 0 saturated carbocycles. The van der Waals surface area contributed by atoms with Crippen LogP contribution in [0.4, 0.5) is 11.4 Å². The summed E-state index contributed by atoms with van der Waals surface area (Å²) in [5, 5.41) is 0.402. The summed E-state index contributed by atoms with van der Waals surface area (Å²) in [6, 6.07) is 4.40.